The van der Waals surface area contributed by atoms with E-state index in [0.29, 0.717) is 13.0 Å². The lowest BCUT2D eigenvalue weighted by Gasteiger charge is -2.39. The number of hydrogen-bond donors (Lipinski definition) is 1. The predicted molar refractivity (Wildman–Crippen MR) is 74.8 cm³/mol. The van der Waals surface area contributed by atoms with Gasteiger partial charge in [-0.3, -0.25) is 4.90 Å². The minimum atomic E-state index is -0.344. The Hall–Kier alpha value is -2.06. The molecule has 1 aromatic carbocycles. The molecule has 2 atom stereocenters. The van der Waals surface area contributed by atoms with Gasteiger partial charge in [0, 0.05) is 19.1 Å². The van der Waals surface area contributed by atoms with Gasteiger partial charge in [0.15, 0.2) is 0 Å². The van der Waals surface area contributed by atoms with E-state index >= 15 is 0 Å². The molecule has 1 aliphatic rings. The van der Waals surface area contributed by atoms with Crippen LogP contribution < -0.4 is 5.32 Å². The Kier molecular flexibility index (Phi) is 4.97. The van der Waals surface area contributed by atoms with Crippen molar-refractivity contribution >= 4 is 6.09 Å². The zero-order chi connectivity index (χ0) is 14.4. The number of nitrogens with zero attached hydrogens (tertiary/aromatic N) is 2. The summed E-state index contributed by atoms with van der Waals surface area (Å²) in [6.45, 7) is 3.58. The molecule has 2 unspecified atom stereocenters. The van der Waals surface area contributed by atoms with Crippen molar-refractivity contribution in [3.05, 3.63) is 35.9 Å². The van der Waals surface area contributed by atoms with Gasteiger partial charge in [0.2, 0.25) is 0 Å². The van der Waals surface area contributed by atoms with Crippen molar-refractivity contribution in [2.45, 2.75) is 32.0 Å². The summed E-state index contributed by atoms with van der Waals surface area (Å²) >= 11 is 0. The van der Waals surface area contributed by atoms with Crippen molar-refractivity contribution in [2.24, 2.45) is 0 Å². The van der Waals surface area contributed by atoms with Gasteiger partial charge >= 0.3 is 6.09 Å². The molecule has 0 bridgehead atoms. The summed E-state index contributed by atoms with van der Waals surface area (Å²) in [5.41, 5.74) is 0.959. The van der Waals surface area contributed by atoms with Gasteiger partial charge in [-0.15, -0.1) is 0 Å². The number of hydrogen-bond acceptors (Lipinski definition) is 4. The first-order chi connectivity index (χ1) is 9.72. The van der Waals surface area contributed by atoms with E-state index in [-0.39, 0.29) is 24.8 Å². The fourth-order valence-electron chi connectivity index (χ4n) is 2.41. The summed E-state index contributed by atoms with van der Waals surface area (Å²) in [6.07, 6.45) is -0.0271. The molecule has 1 fully saturated rings. The summed E-state index contributed by atoms with van der Waals surface area (Å²) in [7, 11) is 0. The molecule has 1 aliphatic heterocycles. The van der Waals surface area contributed by atoms with Crippen LogP contribution in [0.5, 0.6) is 0 Å². The summed E-state index contributed by atoms with van der Waals surface area (Å²) in [5, 5.41) is 12.1. The number of carbonyl (C=O) groups excluding carboxylic acids is 1. The molecule has 0 aromatic heterocycles. The second kappa shape index (κ2) is 6.92. The Morgan fingerprint density at radius 1 is 1.45 bits per heavy atom. The van der Waals surface area contributed by atoms with Crippen LogP contribution in [0.4, 0.5) is 4.79 Å². The van der Waals surface area contributed by atoms with Gasteiger partial charge in [-0.1, -0.05) is 30.3 Å². The van der Waals surface area contributed by atoms with E-state index in [0.717, 1.165) is 12.1 Å². The molecule has 1 saturated heterocycles. The van der Waals surface area contributed by atoms with Crippen molar-refractivity contribution in [3.63, 3.8) is 0 Å². The van der Waals surface area contributed by atoms with E-state index in [2.05, 4.69) is 11.4 Å². The lowest BCUT2D eigenvalue weighted by molar-refractivity contribution is 0.0531. The average molecular weight is 273 g/mol. The second-order valence-electron chi connectivity index (χ2n) is 4.97. The molecule has 5 heteroatoms. The maximum absolute atomic E-state index is 12.2. The number of nitrogens with one attached hydrogen (secondary N) is 1. The zero-order valence-electron chi connectivity index (χ0n) is 11.6. The molecule has 0 radical (unpaired) electrons. The van der Waals surface area contributed by atoms with Gasteiger partial charge in [-0.05, 0) is 12.5 Å². The second-order valence-corrected chi connectivity index (χ2v) is 4.97. The normalized spacial score (nSPS) is 22.1. The number of nitriles is 1. The number of ether oxygens (including phenoxy) is 1. The van der Waals surface area contributed by atoms with Crippen LogP contribution >= 0.6 is 0 Å². The van der Waals surface area contributed by atoms with E-state index in [1.54, 1.807) is 4.90 Å². The minimum Gasteiger partial charge on any atom is -0.445 e. The molecule has 106 valence electrons. The fourth-order valence-corrected chi connectivity index (χ4v) is 2.41. The van der Waals surface area contributed by atoms with Crippen molar-refractivity contribution in [1.82, 2.24) is 10.2 Å². The van der Waals surface area contributed by atoms with Crippen molar-refractivity contribution < 1.29 is 9.53 Å². The first-order valence-electron chi connectivity index (χ1n) is 6.79. The predicted octanol–water partition coefficient (Wildman–Crippen LogP) is 1.90. The third-order valence-electron chi connectivity index (χ3n) is 3.43. The molecule has 1 aromatic rings. The van der Waals surface area contributed by atoms with Crippen LogP contribution in [0, 0.1) is 11.3 Å². The highest BCUT2D eigenvalue weighted by Crippen LogP contribution is 2.15. The van der Waals surface area contributed by atoms with Crippen LogP contribution in [-0.4, -0.2) is 36.2 Å². The SMILES string of the molecule is CC1CNCC(CC#N)N1C(=O)OCc1ccccc1. The highest BCUT2D eigenvalue weighted by molar-refractivity contribution is 5.68. The first kappa shape index (κ1) is 14.4. The molecule has 1 amide bonds. The zero-order valence-corrected chi connectivity index (χ0v) is 11.6. The quantitative estimate of drug-likeness (QED) is 0.913. The Morgan fingerprint density at radius 3 is 2.90 bits per heavy atom. The molecular formula is C15H19N3O2. The minimum absolute atomic E-state index is 0.0328. The number of piperazine rings is 1. The lowest BCUT2D eigenvalue weighted by Crippen LogP contribution is -2.58. The summed E-state index contributed by atoms with van der Waals surface area (Å²) in [5.74, 6) is 0. The van der Waals surface area contributed by atoms with E-state index in [4.69, 9.17) is 10.00 Å². The van der Waals surface area contributed by atoms with Gasteiger partial charge in [0.25, 0.3) is 0 Å². The maximum atomic E-state index is 12.2. The Balaban J connectivity index is 1.96. The van der Waals surface area contributed by atoms with Crippen molar-refractivity contribution in [2.75, 3.05) is 13.1 Å². The topological polar surface area (TPSA) is 65.4 Å². The van der Waals surface area contributed by atoms with Crippen LogP contribution in [0.15, 0.2) is 30.3 Å². The smallest absolute Gasteiger partial charge is 0.410 e. The van der Waals surface area contributed by atoms with Crippen molar-refractivity contribution in [3.8, 4) is 6.07 Å². The number of carbonyl (C=O) groups is 1. The molecule has 2 rings (SSSR count). The van der Waals surface area contributed by atoms with Gasteiger partial charge < -0.3 is 10.1 Å². The number of rotatable bonds is 3. The standard InChI is InChI=1S/C15H19N3O2/c1-12-9-17-10-14(7-8-16)18(12)15(19)20-11-13-5-3-2-4-6-13/h2-6,12,14,17H,7,9-11H2,1H3. The van der Waals surface area contributed by atoms with Crippen LogP contribution in [0.3, 0.4) is 0 Å². The molecule has 5 nitrogen and oxygen atoms in total. The molecule has 1 heterocycles. The van der Waals surface area contributed by atoms with E-state index in [9.17, 15) is 4.79 Å². The van der Waals surface area contributed by atoms with Crippen LogP contribution in [0.2, 0.25) is 0 Å². The van der Waals surface area contributed by atoms with E-state index in [1.807, 2.05) is 37.3 Å². The highest BCUT2D eigenvalue weighted by atomic mass is 16.6. The summed E-state index contributed by atoms with van der Waals surface area (Å²) in [4.78, 5) is 13.9. The largest absolute Gasteiger partial charge is 0.445 e. The molecule has 1 N–H and O–H groups in total. The van der Waals surface area contributed by atoms with Gasteiger partial charge in [0.1, 0.15) is 6.61 Å². The number of benzene rings is 1. The van der Waals surface area contributed by atoms with E-state index in [1.165, 1.54) is 0 Å². The van der Waals surface area contributed by atoms with Crippen LogP contribution in [-0.2, 0) is 11.3 Å². The fraction of sp³-hybridized carbons (Fsp3) is 0.467. The van der Waals surface area contributed by atoms with Crippen LogP contribution in [0.1, 0.15) is 18.9 Å². The van der Waals surface area contributed by atoms with Gasteiger partial charge in [0.05, 0.1) is 18.5 Å². The molecule has 0 spiro atoms. The third-order valence-corrected chi connectivity index (χ3v) is 3.43. The highest BCUT2D eigenvalue weighted by Gasteiger charge is 2.32. The summed E-state index contributed by atoms with van der Waals surface area (Å²) in [6, 6.07) is 11.6. The lowest BCUT2D eigenvalue weighted by atomic mass is 10.1. The molecule has 20 heavy (non-hydrogen) atoms. The van der Waals surface area contributed by atoms with Gasteiger partial charge in [-0.25, -0.2) is 4.79 Å². The monoisotopic (exact) mass is 273 g/mol. The average Bonchev–Trinajstić information content (AvgIpc) is 2.46. The molecule has 0 saturated carbocycles. The Labute approximate surface area is 119 Å². The van der Waals surface area contributed by atoms with Crippen molar-refractivity contribution in [1.29, 1.82) is 5.26 Å². The summed E-state index contributed by atoms with van der Waals surface area (Å²) < 4.78 is 5.36. The third kappa shape index (κ3) is 3.49. The molecule has 0 aliphatic carbocycles. The Morgan fingerprint density at radius 2 is 2.20 bits per heavy atom. The maximum Gasteiger partial charge on any atom is 0.410 e. The number of amides is 1. The van der Waals surface area contributed by atoms with E-state index < -0.39 is 0 Å². The first-order valence-corrected chi connectivity index (χ1v) is 6.79. The van der Waals surface area contributed by atoms with Crippen LogP contribution in [0.25, 0.3) is 0 Å². The van der Waals surface area contributed by atoms with Gasteiger partial charge in [-0.2, -0.15) is 5.26 Å². The molecular weight excluding hydrogens is 254 g/mol. The Bertz CT molecular complexity index is 484.